The van der Waals surface area contributed by atoms with Gasteiger partial charge in [-0.3, -0.25) is 23.9 Å². The summed E-state index contributed by atoms with van der Waals surface area (Å²) < 4.78 is 10.00. The van der Waals surface area contributed by atoms with E-state index >= 15 is 0 Å². The molecule has 0 aromatic rings. The zero-order valence-corrected chi connectivity index (χ0v) is 15.4. The predicted molar refractivity (Wildman–Crippen MR) is 68.4 cm³/mol. The van der Waals surface area contributed by atoms with Crippen LogP contribution in [-0.2, 0) is 9.39 Å². The van der Waals surface area contributed by atoms with Crippen molar-refractivity contribution < 1.29 is 84.9 Å². The van der Waals surface area contributed by atoms with Gasteiger partial charge in [-0.15, -0.1) is 0 Å². The Kier molecular flexibility index (Phi) is 19.1. The van der Waals surface area contributed by atoms with Gasteiger partial charge in [-0.1, -0.05) is 0 Å². The minimum absolute atomic E-state index is 0. The van der Waals surface area contributed by atoms with Gasteiger partial charge in [0.25, 0.3) is 0 Å². The molecule has 122 valence electrons. The summed E-state index contributed by atoms with van der Waals surface area (Å²) in [5.41, 5.74) is 0. The quantitative estimate of drug-likeness (QED) is 0.520. The Balaban J connectivity index is -0.000000810. The van der Waals surface area contributed by atoms with Crippen LogP contribution in [0.3, 0.4) is 0 Å². The molecular weight excluding hydrogens is 319 g/mol. The summed E-state index contributed by atoms with van der Waals surface area (Å²) in [6.07, 6.45) is 2.19. The number of nitrogens with zero attached hydrogens (tertiary/aromatic N) is 2. The molecule has 0 aromatic heterocycles. The van der Waals surface area contributed by atoms with Crippen LogP contribution in [-0.4, -0.2) is 74.3 Å². The number of piperidine rings is 1. The van der Waals surface area contributed by atoms with Gasteiger partial charge in [0.2, 0.25) is 0 Å². The Morgan fingerprint density at radius 1 is 1.10 bits per heavy atom. The third-order valence-electron chi connectivity index (χ3n) is 3.52. The largest absolute Gasteiger partial charge is 1.00 e. The number of halogens is 3. The summed E-state index contributed by atoms with van der Waals surface area (Å²) in [6.45, 7) is 5.82. The van der Waals surface area contributed by atoms with Crippen LogP contribution >= 0.6 is 0 Å². The Morgan fingerprint density at radius 2 is 1.62 bits per heavy atom. The minimum atomic E-state index is -1.91. The van der Waals surface area contributed by atoms with Crippen LogP contribution in [0, 0.1) is 0 Å². The molecule has 0 radical (unpaired) electrons. The molecule has 2 rings (SSSR count). The summed E-state index contributed by atoms with van der Waals surface area (Å²) >= 11 is 0. The van der Waals surface area contributed by atoms with Crippen molar-refractivity contribution in [2.24, 2.45) is 0 Å². The maximum absolute atomic E-state index is 10.4. The van der Waals surface area contributed by atoms with E-state index in [-0.39, 0.29) is 72.2 Å². The van der Waals surface area contributed by atoms with Crippen molar-refractivity contribution in [3.63, 3.8) is 0 Å². The molecule has 2 fully saturated rings. The molecule has 2 aliphatic rings. The number of ether oxygens (including phenoxy) is 1. The minimum Gasteiger partial charge on any atom is -0.832 e. The van der Waals surface area contributed by atoms with Crippen LogP contribution in [0.15, 0.2) is 0 Å². The fourth-order valence-corrected chi connectivity index (χ4v) is 2.53. The summed E-state index contributed by atoms with van der Waals surface area (Å²) in [5, 5.41) is 18.9. The van der Waals surface area contributed by atoms with E-state index in [1.165, 1.54) is 0 Å². The first kappa shape index (κ1) is 27.1. The smallest absolute Gasteiger partial charge is 0.832 e. The van der Waals surface area contributed by atoms with E-state index in [1.54, 1.807) is 0 Å². The molecule has 0 aromatic carbocycles. The van der Waals surface area contributed by atoms with E-state index in [2.05, 4.69) is 14.5 Å². The summed E-state index contributed by atoms with van der Waals surface area (Å²) in [6, 6.07) is 0.632. The summed E-state index contributed by atoms with van der Waals surface area (Å²) in [5.74, 6) is 0. The molecule has 2 heterocycles. The second kappa shape index (κ2) is 14.8. The maximum Gasteiger partial charge on any atom is 1.00 e. The van der Waals surface area contributed by atoms with Crippen LogP contribution in [0.2, 0.25) is 0 Å². The second-order valence-electron chi connectivity index (χ2n) is 4.60. The number of likely N-dealkylation sites (tertiary alicyclic amines) is 1. The van der Waals surface area contributed by atoms with E-state index in [4.69, 9.17) is 9.76 Å². The zero-order chi connectivity index (χ0) is 12.1. The number of morpholine rings is 1. The first-order chi connectivity index (χ1) is 8.25. The van der Waals surface area contributed by atoms with Gasteiger partial charge >= 0.3 is 58.7 Å². The molecule has 1 N–H and O–H groups in total. The average molecular weight is 342 g/mol. The van der Waals surface area contributed by atoms with Crippen LogP contribution in [0.4, 0.5) is 14.1 Å². The van der Waals surface area contributed by atoms with Crippen molar-refractivity contribution in [2.75, 3.05) is 46.1 Å². The van der Waals surface area contributed by atoms with Gasteiger partial charge in [0.1, 0.15) is 0 Å². The monoisotopic (exact) mass is 342 g/mol. The fourth-order valence-electron chi connectivity index (χ4n) is 2.53. The third kappa shape index (κ3) is 9.87. The van der Waals surface area contributed by atoms with Crippen molar-refractivity contribution in [3.8, 4) is 0 Å². The van der Waals surface area contributed by atoms with Gasteiger partial charge in [-0.05, 0) is 12.8 Å². The van der Waals surface area contributed by atoms with Gasteiger partial charge < -0.3 is 19.4 Å². The van der Waals surface area contributed by atoms with E-state index in [0.717, 1.165) is 52.2 Å². The van der Waals surface area contributed by atoms with Crippen molar-refractivity contribution in [2.45, 2.75) is 18.9 Å². The third-order valence-corrected chi connectivity index (χ3v) is 3.52. The molecule has 2 saturated heterocycles. The molecular formula is C10H23BF3KN2O4. The second-order valence-corrected chi connectivity index (χ2v) is 4.60. The zero-order valence-electron chi connectivity index (χ0n) is 12.3. The molecule has 0 atom stereocenters. The topological polar surface area (TPSA) is 68.2 Å². The Labute approximate surface area is 165 Å². The number of rotatable bonds is 4. The SMILES string of the molecule is F.F.F.[K+].[O-]B(O)OCN1CCC(N2CCOCC2)CC1. The van der Waals surface area contributed by atoms with Crippen molar-refractivity contribution in [3.05, 3.63) is 0 Å². The molecule has 0 saturated carbocycles. The molecule has 0 aliphatic carbocycles. The van der Waals surface area contributed by atoms with Crippen molar-refractivity contribution in [1.29, 1.82) is 0 Å². The molecule has 21 heavy (non-hydrogen) atoms. The van der Waals surface area contributed by atoms with Crippen LogP contribution in [0.1, 0.15) is 12.8 Å². The van der Waals surface area contributed by atoms with Gasteiger partial charge in [-0.2, -0.15) is 0 Å². The van der Waals surface area contributed by atoms with Gasteiger partial charge in [0.15, 0.2) is 0 Å². The van der Waals surface area contributed by atoms with Gasteiger partial charge in [0, 0.05) is 32.2 Å². The average Bonchev–Trinajstić information content (AvgIpc) is 2.38. The molecule has 0 amide bonds. The van der Waals surface area contributed by atoms with Gasteiger partial charge in [0.05, 0.1) is 19.9 Å². The van der Waals surface area contributed by atoms with E-state index < -0.39 is 7.32 Å². The Morgan fingerprint density at radius 3 is 2.10 bits per heavy atom. The molecule has 2 aliphatic heterocycles. The van der Waals surface area contributed by atoms with Crippen LogP contribution < -0.4 is 56.4 Å². The molecule has 11 heteroatoms. The standard InChI is InChI=1S/C10H20BN2O4.3FH.K/c14-11(15)17-9-12-3-1-10(2-4-12)13-5-7-16-8-6-13;;;;/h10,14H,1-9H2;3*1H;/q-1;;;;+1. The van der Waals surface area contributed by atoms with E-state index in [9.17, 15) is 5.02 Å². The van der Waals surface area contributed by atoms with Gasteiger partial charge in [-0.25, -0.2) is 0 Å². The Hall–Kier alpha value is 1.25. The van der Waals surface area contributed by atoms with Crippen molar-refractivity contribution >= 4 is 7.32 Å². The number of hydrogen-bond acceptors (Lipinski definition) is 6. The Bertz CT molecular complexity index is 236. The van der Waals surface area contributed by atoms with Crippen molar-refractivity contribution in [1.82, 2.24) is 9.80 Å². The summed E-state index contributed by atoms with van der Waals surface area (Å²) in [7, 11) is -1.91. The summed E-state index contributed by atoms with van der Waals surface area (Å²) in [4.78, 5) is 4.56. The van der Waals surface area contributed by atoms with E-state index in [0.29, 0.717) is 6.04 Å². The predicted octanol–water partition coefficient (Wildman–Crippen LogP) is -4.44. The number of hydrogen-bond donors (Lipinski definition) is 1. The van der Waals surface area contributed by atoms with Crippen LogP contribution in [0.5, 0.6) is 0 Å². The maximum atomic E-state index is 10.4. The molecule has 0 spiro atoms. The van der Waals surface area contributed by atoms with E-state index in [1.807, 2.05) is 0 Å². The first-order valence-electron chi connectivity index (χ1n) is 6.25. The first-order valence-corrected chi connectivity index (χ1v) is 6.25. The van der Waals surface area contributed by atoms with Crippen LogP contribution in [0.25, 0.3) is 0 Å². The normalized spacial score (nSPS) is 20.3. The molecule has 6 nitrogen and oxygen atoms in total. The molecule has 0 unspecified atom stereocenters. The fraction of sp³-hybridized carbons (Fsp3) is 1.00. The molecule has 0 bridgehead atoms.